The predicted molar refractivity (Wildman–Crippen MR) is 91.6 cm³/mol. The summed E-state index contributed by atoms with van der Waals surface area (Å²) in [6, 6.07) is 6.39. The molecule has 0 heterocycles. The number of nitrogens with zero attached hydrogens (tertiary/aromatic N) is 2. The van der Waals surface area contributed by atoms with Gasteiger partial charge in [0.2, 0.25) is 0 Å². The maximum absolute atomic E-state index is 13.4. The number of aliphatic imine (C=N–C) groups is 1. The molecule has 1 aromatic rings. The van der Waals surface area contributed by atoms with Gasteiger partial charge in [-0.15, -0.1) is 24.0 Å². The third-order valence-corrected chi connectivity index (χ3v) is 2.42. The standard InChI is InChI=1S/C14H22FN3O.HI/c1-5-16-14(18(3)4)17-10-11(2)19-13-9-7-6-8-12(13)15;/h6-9,11H,5,10H2,1-4H3,(H,16,17);1H. The number of ether oxygens (including phenoxy) is 1. The Hall–Kier alpha value is -1.05. The van der Waals surface area contributed by atoms with Crippen LogP contribution in [0.5, 0.6) is 5.75 Å². The third kappa shape index (κ3) is 6.40. The Morgan fingerprint density at radius 3 is 2.60 bits per heavy atom. The Morgan fingerprint density at radius 1 is 1.40 bits per heavy atom. The average molecular weight is 395 g/mol. The molecule has 4 nitrogen and oxygen atoms in total. The molecule has 6 heteroatoms. The fourth-order valence-electron chi connectivity index (χ4n) is 1.52. The summed E-state index contributed by atoms with van der Waals surface area (Å²) < 4.78 is 18.9. The number of hydrogen-bond acceptors (Lipinski definition) is 2. The molecule has 1 N–H and O–H groups in total. The lowest BCUT2D eigenvalue weighted by atomic mass is 10.3. The van der Waals surface area contributed by atoms with E-state index in [9.17, 15) is 4.39 Å². The van der Waals surface area contributed by atoms with E-state index in [-0.39, 0.29) is 41.6 Å². The molecular formula is C14H23FIN3O. The van der Waals surface area contributed by atoms with Gasteiger partial charge in [0.25, 0.3) is 0 Å². The van der Waals surface area contributed by atoms with Crippen LogP contribution in [0.2, 0.25) is 0 Å². The van der Waals surface area contributed by atoms with Crippen molar-refractivity contribution in [2.45, 2.75) is 20.0 Å². The van der Waals surface area contributed by atoms with Crippen LogP contribution < -0.4 is 10.1 Å². The van der Waals surface area contributed by atoms with Gasteiger partial charge in [0.15, 0.2) is 17.5 Å². The van der Waals surface area contributed by atoms with Crippen LogP contribution in [-0.4, -0.2) is 44.1 Å². The quantitative estimate of drug-likeness (QED) is 0.473. The Kier molecular flexibility index (Phi) is 9.28. The summed E-state index contributed by atoms with van der Waals surface area (Å²) >= 11 is 0. The predicted octanol–water partition coefficient (Wildman–Crippen LogP) is 2.74. The number of hydrogen-bond donors (Lipinski definition) is 1. The second-order valence-corrected chi connectivity index (χ2v) is 4.45. The molecule has 1 atom stereocenters. The topological polar surface area (TPSA) is 36.9 Å². The summed E-state index contributed by atoms with van der Waals surface area (Å²) in [6.07, 6.45) is -0.189. The normalized spacial score (nSPS) is 12.3. The van der Waals surface area contributed by atoms with Crippen molar-refractivity contribution in [2.75, 3.05) is 27.2 Å². The first-order chi connectivity index (χ1) is 9.04. The minimum absolute atomic E-state index is 0. The highest BCUT2D eigenvalue weighted by Crippen LogP contribution is 2.16. The van der Waals surface area contributed by atoms with E-state index >= 15 is 0 Å². The zero-order chi connectivity index (χ0) is 14.3. The minimum atomic E-state index is -0.349. The van der Waals surface area contributed by atoms with Crippen molar-refractivity contribution in [1.82, 2.24) is 10.2 Å². The third-order valence-electron chi connectivity index (χ3n) is 2.42. The first-order valence-corrected chi connectivity index (χ1v) is 6.41. The van der Waals surface area contributed by atoms with Crippen molar-refractivity contribution < 1.29 is 9.13 Å². The van der Waals surface area contributed by atoms with Gasteiger partial charge in [0.05, 0.1) is 6.54 Å². The fraction of sp³-hybridized carbons (Fsp3) is 0.500. The summed E-state index contributed by atoms with van der Waals surface area (Å²) in [5.41, 5.74) is 0. The van der Waals surface area contributed by atoms with Crippen molar-refractivity contribution in [3.63, 3.8) is 0 Å². The molecule has 0 bridgehead atoms. The number of benzene rings is 1. The molecule has 0 radical (unpaired) electrons. The second-order valence-electron chi connectivity index (χ2n) is 4.45. The largest absolute Gasteiger partial charge is 0.486 e. The van der Waals surface area contributed by atoms with Crippen LogP contribution in [0, 0.1) is 5.82 Å². The maximum Gasteiger partial charge on any atom is 0.193 e. The molecular weight excluding hydrogens is 372 g/mol. The van der Waals surface area contributed by atoms with E-state index in [1.54, 1.807) is 18.2 Å². The molecule has 1 rings (SSSR count). The molecule has 0 fully saturated rings. The van der Waals surface area contributed by atoms with Gasteiger partial charge in [-0.25, -0.2) is 9.38 Å². The van der Waals surface area contributed by atoms with E-state index in [1.807, 2.05) is 32.8 Å². The molecule has 0 aliphatic heterocycles. The molecule has 0 aliphatic rings. The van der Waals surface area contributed by atoms with Gasteiger partial charge in [0.1, 0.15) is 6.10 Å². The molecule has 0 aromatic heterocycles. The van der Waals surface area contributed by atoms with Crippen LogP contribution in [0.25, 0.3) is 0 Å². The van der Waals surface area contributed by atoms with Gasteiger partial charge in [-0.1, -0.05) is 12.1 Å². The van der Waals surface area contributed by atoms with Crippen molar-refractivity contribution >= 4 is 29.9 Å². The van der Waals surface area contributed by atoms with Crippen LogP contribution in [0.4, 0.5) is 4.39 Å². The lowest BCUT2D eigenvalue weighted by Gasteiger charge is -2.18. The van der Waals surface area contributed by atoms with Crippen LogP contribution in [0.15, 0.2) is 29.3 Å². The molecule has 0 aliphatic carbocycles. The van der Waals surface area contributed by atoms with Crippen LogP contribution >= 0.6 is 24.0 Å². The maximum atomic E-state index is 13.4. The van der Waals surface area contributed by atoms with Crippen LogP contribution in [0.1, 0.15) is 13.8 Å². The van der Waals surface area contributed by atoms with E-state index < -0.39 is 0 Å². The summed E-state index contributed by atoms with van der Waals surface area (Å²) in [5, 5.41) is 3.16. The second kappa shape index (κ2) is 9.79. The van der Waals surface area contributed by atoms with Gasteiger partial charge < -0.3 is 15.0 Å². The molecule has 114 valence electrons. The van der Waals surface area contributed by atoms with Gasteiger partial charge >= 0.3 is 0 Å². The highest BCUT2D eigenvalue weighted by Gasteiger charge is 2.08. The Morgan fingerprint density at radius 2 is 2.05 bits per heavy atom. The summed E-state index contributed by atoms with van der Waals surface area (Å²) in [7, 11) is 3.84. The van der Waals surface area contributed by atoms with Crippen molar-refractivity contribution in [3.8, 4) is 5.75 Å². The van der Waals surface area contributed by atoms with Gasteiger partial charge in [0, 0.05) is 20.6 Å². The van der Waals surface area contributed by atoms with E-state index in [2.05, 4.69) is 10.3 Å². The lowest BCUT2D eigenvalue weighted by molar-refractivity contribution is 0.219. The first kappa shape index (κ1) is 18.9. The van der Waals surface area contributed by atoms with E-state index in [1.165, 1.54) is 6.07 Å². The summed E-state index contributed by atoms with van der Waals surface area (Å²) in [4.78, 5) is 6.32. The molecule has 0 spiro atoms. The fourth-order valence-corrected chi connectivity index (χ4v) is 1.52. The zero-order valence-corrected chi connectivity index (χ0v) is 14.7. The highest BCUT2D eigenvalue weighted by atomic mass is 127. The van der Waals surface area contributed by atoms with E-state index in [4.69, 9.17) is 4.74 Å². The number of rotatable bonds is 5. The molecule has 1 unspecified atom stereocenters. The van der Waals surface area contributed by atoms with Gasteiger partial charge in [-0.2, -0.15) is 0 Å². The number of para-hydroxylation sites is 1. The molecule has 0 amide bonds. The van der Waals surface area contributed by atoms with Gasteiger partial charge in [-0.05, 0) is 26.0 Å². The summed E-state index contributed by atoms with van der Waals surface area (Å²) in [6.45, 7) is 5.15. The van der Waals surface area contributed by atoms with Crippen molar-refractivity contribution in [3.05, 3.63) is 30.1 Å². The van der Waals surface area contributed by atoms with E-state index in [0.29, 0.717) is 6.54 Å². The molecule has 0 saturated heterocycles. The molecule has 1 aromatic carbocycles. The van der Waals surface area contributed by atoms with Crippen molar-refractivity contribution in [1.29, 1.82) is 0 Å². The molecule has 0 saturated carbocycles. The minimum Gasteiger partial charge on any atom is -0.486 e. The van der Waals surface area contributed by atoms with E-state index in [0.717, 1.165) is 12.5 Å². The van der Waals surface area contributed by atoms with Crippen LogP contribution in [-0.2, 0) is 0 Å². The zero-order valence-electron chi connectivity index (χ0n) is 12.4. The van der Waals surface area contributed by atoms with Gasteiger partial charge in [-0.3, -0.25) is 0 Å². The smallest absolute Gasteiger partial charge is 0.193 e. The Bertz CT molecular complexity index is 427. The number of guanidine groups is 1. The summed E-state index contributed by atoms with van der Waals surface area (Å²) in [5.74, 6) is 0.712. The Labute approximate surface area is 137 Å². The number of halogens is 2. The monoisotopic (exact) mass is 395 g/mol. The lowest BCUT2D eigenvalue weighted by Crippen LogP contribution is -2.37. The number of nitrogens with one attached hydrogen (secondary N) is 1. The van der Waals surface area contributed by atoms with Crippen LogP contribution in [0.3, 0.4) is 0 Å². The average Bonchev–Trinajstić information content (AvgIpc) is 2.37. The molecule has 20 heavy (non-hydrogen) atoms. The Balaban J connectivity index is 0.00000361. The SMILES string of the molecule is CCNC(=NCC(C)Oc1ccccc1F)N(C)C.I. The first-order valence-electron chi connectivity index (χ1n) is 6.41. The highest BCUT2D eigenvalue weighted by molar-refractivity contribution is 14.0. The van der Waals surface area contributed by atoms with Crippen molar-refractivity contribution in [2.24, 2.45) is 4.99 Å².